The molecular weight excluding hydrogens is 386 g/mol. The highest BCUT2D eigenvalue weighted by molar-refractivity contribution is 5.96. The zero-order valence-electron chi connectivity index (χ0n) is 17.9. The number of pyridine rings is 1. The summed E-state index contributed by atoms with van der Waals surface area (Å²) in [7, 11) is 0. The Kier molecular flexibility index (Phi) is 8.93. The molecule has 0 saturated heterocycles. The molecule has 1 heterocycles. The number of hydrogen-bond donors (Lipinski definition) is 2. The molecule has 0 spiro atoms. The van der Waals surface area contributed by atoms with Gasteiger partial charge in [0.25, 0.3) is 11.8 Å². The van der Waals surface area contributed by atoms with Gasteiger partial charge < -0.3 is 24.8 Å². The first kappa shape index (κ1) is 23.0. The first-order valence-corrected chi connectivity index (χ1v) is 10.1. The van der Waals surface area contributed by atoms with Gasteiger partial charge in [-0.2, -0.15) is 0 Å². The van der Waals surface area contributed by atoms with Crippen LogP contribution >= 0.6 is 0 Å². The third-order valence-electron chi connectivity index (χ3n) is 4.04. The van der Waals surface area contributed by atoms with Crippen molar-refractivity contribution in [2.24, 2.45) is 0 Å². The number of hydrogen-bond acceptors (Lipinski definition) is 6. The number of ether oxygens (including phenoxy) is 3. The summed E-state index contributed by atoms with van der Waals surface area (Å²) in [4.78, 5) is 28.8. The quantitative estimate of drug-likeness (QED) is 0.548. The molecule has 0 radical (unpaired) electrons. The van der Waals surface area contributed by atoms with Crippen LogP contribution in [-0.4, -0.2) is 49.7 Å². The second-order valence-electron chi connectivity index (χ2n) is 6.30. The highest BCUT2D eigenvalue weighted by Gasteiger charge is 2.18. The van der Waals surface area contributed by atoms with Gasteiger partial charge >= 0.3 is 0 Å². The van der Waals surface area contributed by atoms with Crippen molar-refractivity contribution in [3.63, 3.8) is 0 Å². The fraction of sp³-hybridized carbons (Fsp3) is 0.409. The summed E-state index contributed by atoms with van der Waals surface area (Å²) in [5.41, 5.74) is 1.70. The Morgan fingerprint density at radius 1 is 0.833 bits per heavy atom. The molecule has 0 fully saturated rings. The lowest BCUT2D eigenvalue weighted by Crippen LogP contribution is -2.34. The topological polar surface area (TPSA) is 98.8 Å². The molecule has 1 aromatic heterocycles. The lowest BCUT2D eigenvalue weighted by atomic mass is 10.1. The van der Waals surface area contributed by atoms with Gasteiger partial charge in [0.15, 0.2) is 11.5 Å². The van der Waals surface area contributed by atoms with Crippen LogP contribution in [0.5, 0.6) is 17.2 Å². The maximum Gasteiger partial charge on any atom is 0.252 e. The van der Waals surface area contributed by atoms with E-state index in [4.69, 9.17) is 14.2 Å². The van der Waals surface area contributed by atoms with E-state index in [9.17, 15) is 9.59 Å². The Hall–Kier alpha value is -3.29. The van der Waals surface area contributed by atoms with E-state index in [2.05, 4.69) is 15.6 Å². The summed E-state index contributed by atoms with van der Waals surface area (Å²) >= 11 is 0. The monoisotopic (exact) mass is 415 g/mol. The van der Waals surface area contributed by atoms with E-state index in [0.717, 1.165) is 5.69 Å². The zero-order valence-corrected chi connectivity index (χ0v) is 17.9. The zero-order chi connectivity index (χ0) is 21.9. The molecule has 1 aromatic carbocycles. The summed E-state index contributed by atoms with van der Waals surface area (Å²) in [5.74, 6) is 0.851. The molecule has 162 valence electrons. The Morgan fingerprint density at radius 2 is 1.37 bits per heavy atom. The first-order chi connectivity index (χ1) is 14.5. The summed E-state index contributed by atoms with van der Waals surface area (Å²) < 4.78 is 16.9. The Balaban J connectivity index is 1.99. The molecule has 0 atom stereocenters. The third-order valence-corrected chi connectivity index (χ3v) is 4.04. The SMILES string of the molecule is CCOc1cc(C(=O)NCCNC(=O)c2ccc(C)nc2)cc(OCC)c1OCC. The fourth-order valence-corrected chi connectivity index (χ4v) is 2.68. The molecule has 8 nitrogen and oxygen atoms in total. The maximum absolute atomic E-state index is 12.6. The van der Waals surface area contributed by atoms with E-state index in [1.807, 2.05) is 27.7 Å². The van der Waals surface area contributed by atoms with E-state index in [-0.39, 0.29) is 24.9 Å². The average molecular weight is 415 g/mol. The van der Waals surface area contributed by atoms with Gasteiger partial charge in [0.05, 0.1) is 25.4 Å². The second kappa shape index (κ2) is 11.6. The largest absolute Gasteiger partial charge is 0.490 e. The highest BCUT2D eigenvalue weighted by Crippen LogP contribution is 2.39. The van der Waals surface area contributed by atoms with Gasteiger partial charge in [-0.3, -0.25) is 14.6 Å². The minimum atomic E-state index is -0.300. The lowest BCUT2D eigenvalue weighted by molar-refractivity contribution is 0.0927. The van der Waals surface area contributed by atoms with Gasteiger partial charge in [0, 0.05) is 30.5 Å². The van der Waals surface area contributed by atoms with E-state index in [1.165, 1.54) is 6.20 Å². The highest BCUT2D eigenvalue weighted by atomic mass is 16.5. The van der Waals surface area contributed by atoms with Gasteiger partial charge in [-0.25, -0.2) is 0 Å². The van der Waals surface area contributed by atoms with Crippen molar-refractivity contribution in [1.82, 2.24) is 15.6 Å². The normalized spacial score (nSPS) is 10.3. The molecule has 0 aliphatic rings. The predicted molar refractivity (Wildman–Crippen MR) is 114 cm³/mol. The van der Waals surface area contributed by atoms with Crippen LogP contribution in [0.1, 0.15) is 47.2 Å². The molecule has 8 heteroatoms. The summed E-state index contributed by atoms with van der Waals surface area (Å²) in [6.07, 6.45) is 1.52. The number of nitrogens with zero attached hydrogens (tertiary/aromatic N) is 1. The minimum Gasteiger partial charge on any atom is -0.490 e. The smallest absolute Gasteiger partial charge is 0.252 e. The number of nitrogens with one attached hydrogen (secondary N) is 2. The standard InChI is InChI=1S/C22H29N3O5/c1-5-28-18-12-17(13-19(29-6-2)20(18)30-7-3)22(27)24-11-10-23-21(26)16-9-8-15(4)25-14-16/h8-9,12-14H,5-7,10-11H2,1-4H3,(H,23,26)(H,24,27). The van der Waals surface area contributed by atoms with Crippen molar-refractivity contribution in [3.8, 4) is 17.2 Å². The number of benzene rings is 1. The van der Waals surface area contributed by atoms with Crippen LogP contribution in [0.4, 0.5) is 0 Å². The molecule has 2 amide bonds. The van der Waals surface area contributed by atoms with Crippen LogP contribution in [0.15, 0.2) is 30.5 Å². The minimum absolute atomic E-state index is 0.241. The molecular formula is C22H29N3O5. The van der Waals surface area contributed by atoms with Gasteiger partial charge in [-0.1, -0.05) is 0 Å². The van der Waals surface area contributed by atoms with Crippen LogP contribution in [-0.2, 0) is 0 Å². The molecule has 0 aliphatic carbocycles. The Bertz CT molecular complexity index is 825. The van der Waals surface area contributed by atoms with Crippen LogP contribution in [0.25, 0.3) is 0 Å². The van der Waals surface area contributed by atoms with E-state index in [0.29, 0.717) is 48.2 Å². The molecule has 2 N–H and O–H groups in total. The van der Waals surface area contributed by atoms with Crippen LogP contribution in [0.3, 0.4) is 0 Å². The van der Waals surface area contributed by atoms with Crippen LogP contribution in [0, 0.1) is 6.92 Å². The second-order valence-corrected chi connectivity index (χ2v) is 6.30. The Morgan fingerprint density at radius 3 is 1.83 bits per heavy atom. The van der Waals surface area contributed by atoms with Gasteiger partial charge in [-0.05, 0) is 52.0 Å². The van der Waals surface area contributed by atoms with Gasteiger partial charge in [-0.15, -0.1) is 0 Å². The molecule has 2 aromatic rings. The molecule has 0 aliphatic heterocycles. The van der Waals surface area contributed by atoms with Gasteiger partial charge in [0.1, 0.15) is 0 Å². The van der Waals surface area contributed by atoms with Crippen molar-refractivity contribution in [1.29, 1.82) is 0 Å². The number of carbonyl (C=O) groups excluding carboxylic acids is 2. The molecule has 2 rings (SSSR count). The van der Waals surface area contributed by atoms with Crippen LogP contribution in [0.2, 0.25) is 0 Å². The summed E-state index contributed by atoms with van der Waals surface area (Å²) in [5, 5.41) is 5.54. The van der Waals surface area contributed by atoms with Crippen LogP contribution < -0.4 is 24.8 Å². The van der Waals surface area contributed by atoms with Crippen molar-refractivity contribution in [2.75, 3.05) is 32.9 Å². The van der Waals surface area contributed by atoms with Crippen molar-refractivity contribution >= 4 is 11.8 Å². The van der Waals surface area contributed by atoms with E-state index in [1.54, 1.807) is 24.3 Å². The van der Waals surface area contributed by atoms with Crippen molar-refractivity contribution in [3.05, 3.63) is 47.3 Å². The number of amides is 2. The van der Waals surface area contributed by atoms with Gasteiger partial charge in [0.2, 0.25) is 5.75 Å². The van der Waals surface area contributed by atoms with E-state index >= 15 is 0 Å². The number of rotatable bonds is 11. The summed E-state index contributed by atoms with van der Waals surface area (Å²) in [6, 6.07) is 6.74. The third kappa shape index (κ3) is 6.37. The molecule has 30 heavy (non-hydrogen) atoms. The van der Waals surface area contributed by atoms with Crippen molar-refractivity contribution in [2.45, 2.75) is 27.7 Å². The first-order valence-electron chi connectivity index (χ1n) is 10.1. The number of carbonyl (C=O) groups is 2. The molecule has 0 unspecified atom stereocenters. The molecule has 0 saturated carbocycles. The fourth-order valence-electron chi connectivity index (χ4n) is 2.68. The van der Waals surface area contributed by atoms with E-state index < -0.39 is 0 Å². The average Bonchev–Trinajstić information content (AvgIpc) is 2.73. The molecule has 0 bridgehead atoms. The maximum atomic E-state index is 12.6. The van der Waals surface area contributed by atoms with Crippen molar-refractivity contribution < 1.29 is 23.8 Å². The predicted octanol–water partition coefficient (Wildman–Crippen LogP) is 2.75. The lowest BCUT2D eigenvalue weighted by Gasteiger charge is -2.17. The Labute approximate surface area is 176 Å². The number of aryl methyl sites for hydroxylation is 1. The number of aromatic nitrogens is 1. The summed E-state index contributed by atoms with van der Waals surface area (Å²) in [6.45, 7) is 9.29.